The maximum Gasteiger partial charge on any atom is 0.125 e. The van der Waals surface area contributed by atoms with E-state index in [4.69, 9.17) is 11.0 Å². The Morgan fingerprint density at radius 2 is 2.31 bits per heavy atom. The number of nitrogens with two attached hydrogens (primary N) is 1. The molecule has 0 heterocycles. The predicted molar refractivity (Wildman–Crippen MR) is 47.7 cm³/mol. The summed E-state index contributed by atoms with van der Waals surface area (Å²) in [6.45, 7) is 0. The number of hydrogen-bond donors (Lipinski definition) is 1. The second-order valence-corrected chi connectivity index (χ2v) is 3.75. The fraction of sp³-hybridized carbons (Fsp3) is 0.125. The molecular weight excluding hydrogens is 191 g/mol. The number of anilines is 1. The summed E-state index contributed by atoms with van der Waals surface area (Å²) >= 11 is 0. The quantitative estimate of drug-likeness (QED) is 0.722. The third kappa shape index (κ3) is 2.26. The molecule has 1 unspecified atom stereocenters. The first-order valence-corrected chi connectivity index (χ1v) is 4.77. The average molecular weight is 198 g/mol. The molecule has 1 aromatic carbocycles. The number of nitrogens with zero attached hydrogens (tertiary/aromatic N) is 1. The van der Waals surface area contributed by atoms with Gasteiger partial charge in [0.15, 0.2) is 0 Å². The molecule has 0 radical (unpaired) electrons. The van der Waals surface area contributed by atoms with Gasteiger partial charge in [0.05, 0.1) is 27.5 Å². The fourth-order valence-corrected chi connectivity index (χ4v) is 1.68. The second-order valence-electron chi connectivity index (χ2n) is 2.33. The van der Waals surface area contributed by atoms with Crippen molar-refractivity contribution in [2.75, 3.05) is 11.5 Å². The van der Waals surface area contributed by atoms with E-state index in [1.807, 2.05) is 0 Å². The molecule has 0 aromatic heterocycles. The van der Waals surface area contributed by atoms with Gasteiger partial charge in [0, 0.05) is 0 Å². The molecule has 1 atom stereocenters. The lowest BCUT2D eigenvalue weighted by molar-refractivity contribution is 0.627. The SMILES string of the molecule is N#CCS(=O)c1ccc(F)cc1N. The smallest absolute Gasteiger partial charge is 0.125 e. The van der Waals surface area contributed by atoms with Gasteiger partial charge in [-0.15, -0.1) is 0 Å². The molecule has 2 N–H and O–H groups in total. The van der Waals surface area contributed by atoms with Gasteiger partial charge in [-0.3, -0.25) is 4.21 Å². The van der Waals surface area contributed by atoms with Crippen molar-refractivity contribution in [1.82, 2.24) is 0 Å². The summed E-state index contributed by atoms with van der Waals surface area (Å²) in [5.41, 5.74) is 5.53. The standard InChI is InChI=1S/C8H7FN2OS/c9-6-1-2-8(7(11)5-6)13(12)4-3-10/h1-2,5H,4,11H2. The largest absolute Gasteiger partial charge is 0.398 e. The van der Waals surface area contributed by atoms with Crippen molar-refractivity contribution in [1.29, 1.82) is 5.26 Å². The van der Waals surface area contributed by atoms with Crippen LogP contribution in [-0.2, 0) is 10.8 Å². The first kappa shape index (κ1) is 9.68. The first-order valence-electron chi connectivity index (χ1n) is 3.45. The fourth-order valence-electron chi connectivity index (χ4n) is 0.863. The Balaban J connectivity index is 3.03. The highest BCUT2D eigenvalue weighted by Crippen LogP contribution is 2.17. The van der Waals surface area contributed by atoms with E-state index in [0.29, 0.717) is 4.90 Å². The third-order valence-electron chi connectivity index (χ3n) is 1.41. The highest BCUT2D eigenvalue weighted by molar-refractivity contribution is 7.85. The number of nitriles is 1. The Bertz CT molecular complexity index is 386. The summed E-state index contributed by atoms with van der Waals surface area (Å²) in [5, 5.41) is 8.29. The molecule has 68 valence electrons. The summed E-state index contributed by atoms with van der Waals surface area (Å²) in [7, 11) is -1.46. The molecule has 3 nitrogen and oxygen atoms in total. The summed E-state index contributed by atoms with van der Waals surface area (Å²) < 4.78 is 23.8. The van der Waals surface area contributed by atoms with Crippen molar-refractivity contribution < 1.29 is 8.60 Å². The van der Waals surface area contributed by atoms with Crippen LogP contribution < -0.4 is 5.73 Å². The lowest BCUT2D eigenvalue weighted by Crippen LogP contribution is -2.00. The molecule has 0 amide bonds. The first-order chi connectivity index (χ1) is 6.15. The van der Waals surface area contributed by atoms with E-state index in [1.165, 1.54) is 12.1 Å². The van der Waals surface area contributed by atoms with E-state index < -0.39 is 16.6 Å². The van der Waals surface area contributed by atoms with Gasteiger partial charge in [0.25, 0.3) is 0 Å². The molecule has 5 heteroatoms. The molecular formula is C8H7FN2OS. The Hall–Kier alpha value is -1.41. The third-order valence-corrected chi connectivity index (χ3v) is 2.67. The Kier molecular flexibility index (Phi) is 2.98. The van der Waals surface area contributed by atoms with Crippen molar-refractivity contribution in [3.8, 4) is 6.07 Å². The minimum Gasteiger partial charge on any atom is -0.398 e. The maximum absolute atomic E-state index is 12.6. The van der Waals surface area contributed by atoms with Crippen LogP contribution in [0.3, 0.4) is 0 Å². The number of benzene rings is 1. The second kappa shape index (κ2) is 4.01. The van der Waals surface area contributed by atoms with E-state index >= 15 is 0 Å². The Morgan fingerprint density at radius 3 is 2.85 bits per heavy atom. The highest BCUT2D eigenvalue weighted by atomic mass is 32.2. The van der Waals surface area contributed by atoms with Crippen LogP contribution in [0.4, 0.5) is 10.1 Å². The van der Waals surface area contributed by atoms with Crippen LogP contribution in [0.1, 0.15) is 0 Å². The van der Waals surface area contributed by atoms with Crippen LogP contribution in [0.15, 0.2) is 23.1 Å². The molecule has 0 fully saturated rings. The van der Waals surface area contributed by atoms with Crippen molar-refractivity contribution >= 4 is 16.5 Å². The van der Waals surface area contributed by atoms with Gasteiger partial charge in [0.1, 0.15) is 11.6 Å². The zero-order valence-electron chi connectivity index (χ0n) is 6.66. The van der Waals surface area contributed by atoms with E-state index in [0.717, 1.165) is 6.07 Å². The minimum atomic E-state index is -1.46. The molecule has 13 heavy (non-hydrogen) atoms. The number of rotatable bonds is 2. The average Bonchev–Trinajstić information content (AvgIpc) is 2.04. The van der Waals surface area contributed by atoms with Gasteiger partial charge in [-0.2, -0.15) is 5.26 Å². The van der Waals surface area contributed by atoms with Crippen LogP contribution in [0.2, 0.25) is 0 Å². The predicted octanol–water partition coefficient (Wildman–Crippen LogP) is 1.04. The van der Waals surface area contributed by atoms with Gasteiger partial charge in [-0.25, -0.2) is 4.39 Å². The van der Waals surface area contributed by atoms with Gasteiger partial charge < -0.3 is 5.73 Å². The van der Waals surface area contributed by atoms with E-state index in [1.54, 1.807) is 6.07 Å². The van der Waals surface area contributed by atoms with Gasteiger partial charge in [0.2, 0.25) is 0 Å². The molecule has 1 rings (SSSR count). The van der Waals surface area contributed by atoms with Crippen molar-refractivity contribution in [2.24, 2.45) is 0 Å². The zero-order chi connectivity index (χ0) is 9.84. The van der Waals surface area contributed by atoms with Crippen LogP contribution in [0.5, 0.6) is 0 Å². The summed E-state index contributed by atoms with van der Waals surface area (Å²) in [6, 6.07) is 5.35. The summed E-state index contributed by atoms with van der Waals surface area (Å²) in [6.07, 6.45) is 0. The van der Waals surface area contributed by atoms with Crippen LogP contribution in [0, 0.1) is 17.1 Å². The maximum atomic E-state index is 12.6. The molecule has 0 bridgehead atoms. The van der Waals surface area contributed by atoms with Crippen LogP contribution in [-0.4, -0.2) is 9.96 Å². The molecule has 0 saturated heterocycles. The van der Waals surface area contributed by atoms with Gasteiger partial charge >= 0.3 is 0 Å². The number of nitrogen functional groups attached to an aromatic ring is 1. The number of halogens is 1. The normalized spacial score (nSPS) is 12.0. The molecule has 0 saturated carbocycles. The lowest BCUT2D eigenvalue weighted by atomic mass is 10.3. The van der Waals surface area contributed by atoms with Crippen molar-refractivity contribution in [3.63, 3.8) is 0 Å². The minimum absolute atomic E-state index is 0.119. The van der Waals surface area contributed by atoms with Gasteiger partial charge in [-0.1, -0.05) is 0 Å². The van der Waals surface area contributed by atoms with E-state index in [-0.39, 0.29) is 11.4 Å². The topological polar surface area (TPSA) is 66.9 Å². The monoisotopic (exact) mass is 198 g/mol. The van der Waals surface area contributed by atoms with Crippen molar-refractivity contribution in [3.05, 3.63) is 24.0 Å². The van der Waals surface area contributed by atoms with Crippen LogP contribution >= 0.6 is 0 Å². The molecule has 0 aliphatic carbocycles. The summed E-state index contributed by atoms with van der Waals surface area (Å²) in [4.78, 5) is 0.308. The molecule has 0 spiro atoms. The summed E-state index contributed by atoms with van der Waals surface area (Å²) in [5.74, 6) is -0.606. The Labute approximate surface area is 77.4 Å². The van der Waals surface area contributed by atoms with Crippen LogP contribution in [0.25, 0.3) is 0 Å². The van der Waals surface area contributed by atoms with Gasteiger partial charge in [-0.05, 0) is 18.2 Å². The van der Waals surface area contributed by atoms with E-state index in [2.05, 4.69) is 0 Å². The Morgan fingerprint density at radius 1 is 1.62 bits per heavy atom. The zero-order valence-corrected chi connectivity index (χ0v) is 7.47. The number of hydrogen-bond acceptors (Lipinski definition) is 3. The molecule has 0 aliphatic rings. The molecule has 0 aliphatic heterocycles. The van der Waals surface area contributed by atoms with E-state index in [9.17, 15) is 8.60 Å². The lowest BCUT2D eigenvalue weighted by Gasteiger charge is -2.01. The molecule has 1 aromatic rings. The highest BCUT2D eigenvalue weighted by Gasteiger charge is 2.07. The van der Waals surface area contributed by atoms with Crippen molar-refractivity contribution in [2.45, 2.75) is 4.90 Å².